The molecule has 0 aliphatic heterocycles. The Balaban J connectivity index is 1.96. The van der Waals surface area contributed by atoms with E-state index in [0.717, 1.165) is 24.5 Å². The molecule has 5 nitrogen and oxygen atoms in total. The van der Waals surface area contributed by atoms with Crippen molar-refractivity contribution in [1.29, 1.82) is 0 Å². The first kappa shape index (κ1) is 11.9. The summed E-state index contributed by atoms with van der Waals surface area (Å²) in [5, 5.41) is 12.0. The molecule has 0 saturated carbocycles. The van der Waals surface area contributed by atoms with Crippen LogP contribution in [-0.4, -0.2) is 26.1 Å². The third-order valence-corrected chi connectivity index (χ3v) is 2.46. The number of nitrogens with one attached hydrogen (secondary N) is 1. The quantitative estimate of drug-likeness (QED) is 0.848. The summed E-state index contributed by atoms with van der Waals surface area (Å²) < 4.78 is 3.62. The van der Waals surface area contributed by atoms with Crippen molar-refractivity contribution in [2.45, 2.75) is 20.4 Å². The standard InChI is InChI=1S/C12H19N5/c1-10(2)6-13-7-11-4-5-17(15-11)12-8-14-16(3)9-12/h4-5,8-10,13H,6-7H2,1-3H3. The minimum Gasteiger partial charge on any atom is -0.311 e. The molecule has 1 N–H and O–H groups in total. The van der Waals surface area contributed by atoms with Gasteiger partial charge >= 0.3 is 0 Å². The van der Waals surface area contributed by atoms with Gasteiger partial charge in [-0.25, -0.2) is 4.68 Å². The van der Waals surface area contributed by atoms with E-state index in [1.54, 1.807) is 10.9 Å². The minimum atomic E-state index is 0.662. The number of aryl methyl sites for hydroxylation is 1. The van der Waals surface area contributed by atoms with Gasteiger partial charge < -0.3 is 5.32 Å². The van der Waals surface area contributed by atoms with E-state index in [4.69, 9.17) is 0 Å². The van der Waals surface area contributed by atoms with Gasteiger partial charge in [0.05, 0.1) is 18.1 Å². The Labute approximate surface area is 101 Å². The van der Waals surface area contributed by atoms with E-state index < -0.39 is 0 Å². The van der Waals surface area contributed by atoms with Gasteiger partial charge in [-0.15, -0.1) is 0 Å². The zero-order chi connectivity index (χ0) is 12.3. The number of hydrogen-bond acceptors (Lipinski definition) is 3. The van der Waals surface area contributed by atoms with Crippen LogP contribution in [0.5, 0.6) is 0 Å². The van der Waals surface area contributed by atoms with Crippen LogP contribution in [0, 0.1) is 5.92 Å². The molecule has 0 saturated heterocycles. The highest BCUT2D eigenvalue weighted by molar-refractivity contribution is 5.24. The topological polar surface area (TPSA) is 47.7 Å². The number of hydrogen-bond donors (Lipinski definition) is 1. The van der Waals surface area contributed by atoms with Gasteiger partial charge in [0.25, 0.3) is 0 Å². The van der Waals surface area contributed by atoms with Crippen molar-refractivity contribution in [1.82, 2.24) is 24.9 Å². The molecule has 0 atom stereocenters. The molecule has 2 rings (SSSR count). The number of rotatable bonds is 5. The van der Waals surface area contributed by atoms with Gasteiger partial charge in [0.1, 0.15) is 5.69 Å². The average Bonchev–Trinajstić information content (AvgIpc) is 2.86. The maximum Gasteiger partial charge on any atom is 0.102 e. The second kappa shape index (κ2) is 5.14. The van der Waals surface area contributed by atoms with E-state index in [0.29, 0.717) is 5.92 Å². The summed E-state index contributed by atoms with van der Waals surface area (Å²) in [7, 11) is 1.90. The van der Waals surface area contributed by atoms with E-state index in [1.807, 2.05) is 30.2 Å². The molecule has 0 fully saturated rings. The van der Waals surface area contributed by atoms with Crippen LogP contribution in [0.2, 0.25) is 0 Å². The molecule has 5 heteroatoms. The molecule has 0 aromatic carbocycles. The third kappa shape index (κ3) is 3.17. The van der Waals surface area contributed by atoms with Crippen molar-refractivity contribution in [3.8, 4) is 5.69 Å². The maximum atomic E-state index is 4.49. The summed E-state index contributed by atoms with van der Waals surface area (Å²) in [5.74, 6) is 0.662. The van der Waals surface area contributed by atoms with Crippen molar-refractivity contribution in [2.75, 3.05) is 6.54 Å². The highest BCUT2D eigenvalue weighted by atomic mass is 15.3. The SMILES string of the molecule is CC(C)CNCc1ccn(-c2cnn(C)c2)n1. The fraction of sp³-hybridized carbons (Fsp3) is 0.500. The van der Waals surface area contributed by atoms with Crippen LogP contribution in [0.4, 0.5) is 0 Å². The monoisotopic (exact) mass is 233 g/mol. The van der Waals surface area contributed by atoms with Gasteiger partial charge in [0.2, 0.25) is 0 Å². The molecule has 2 aromatic heterocycles. The molecule has 17 heavy (non-hydrogen) atoms. The predicted octanol–water partition coefficient (Wildman–Crippen LogP) is 1.35. The molecule has 0 spiro atoms. The second-order valence-electron chi connectivity index (χ2n) is 4.65. The lowest BCUT2D eigenvalue weighted by molar-refractivity contribution is 0.546. The Morgan fingerprint density at radius 2 is 2.24 bits per heavy atom. The van der Waals surface area contributed by atoms with Crippen LogP contribution in [0.3, 0.4) is 0 Å². The van der Waals surface area contributed by atoms with Crippen LogP contribution in [0.15, 0.2) is 24.7 Å². The van der Waals surface area contributed by atoms with Crippen molar-refractivity contribution in [3.05, 3.63) is 30.4 Å². The van der Waals surface area contributed by atoms with E-state index in [2.05, 4.69) is 29.4 Å². The van der Waals surface area contributed by atoms with Crippen LogP contribution in [0.25, 0.3) is 5.69 Å². The summed E-state index contributed by atoms with van der Waals surface area (Å²) >= 11 is 0. The summed E-state index contributed by atoms with van der Waals surface area (Å²) in [6.07, 6.45) is 5.71. The Morgan fingerprint density at radius 3 is 2.88 bits per heavy atom. The van der Waals surface area contributed by atoms with Gasteiger partial charge in [0.15, 0.2) is 0 Å². The fourth-order valence-electron chi connectivity index (χ4n) is 1.62. The zero-order valence-electron chi connectivity index (χ0n) is 10.6. The maximum absolute atomic E-state index is 4.49. The van der Waals surface area contributed by atoms with Crippen molar-refractivity contribution < 1.29 is 0 Å². The lowest BCUT2D eigenvalue weighted by Crippen LogP contribution is -2.19. The summed E-state index contributed by atoms with van der Waals surface area (Å²) in [6, 6.07) is 2.03. The van der Waals surface area contributed by atoms with E-state index in [9.17, 15) is 0 Å². The molecular formula is C12H19N5. The highest BCUT2D eigenvalue weighted by Gasteiger charge is 2.03. The lowest BCUT2D eigenvalue weighted by Gasteiger charge is -2.04. The van der Waals surface area contributed by atoms with Crippen molar-refractivity contribution >= 4 is 0 Å². The molecule has 0 bridgehead atoms. The lowest BCUT2D eigenvalue weighted by atomic mass is 10.2. The first-order valence-electron chi connectivity index (χ1n) is 5.89. The normalized spacial score (nSPS) is 11.3. The minimum absolute atomic E-state index is 0.662. The predicted molar refractivity (Wildman–Crippen MR) is 66.9 cm³/mol. The Morgan fingerprint density at radius 1 is 1.41 bits per heavy atom. The summed E-state index contributed by atoms with van der Waals surface area (Å²) in [6.45, 7) is 6.22. The zero-order valence-corrected chi connectivity index (χ0v) is 10.6. The average molecular weight is 233 g/mol. The fourth-order valence-corrected chi connectivity index (χ4v) is 1.62. The first-order chi connectivity index (χ1) is 8.15. The first-order valence-corrected chi connectivity index (χ1v) is 5.89. The van der Waals surface area contributed by atoms with Gasteiger partial charge in [-0.2, -0.15) is 10.2 Å². The van der Waals surface area contributed by atoms with Crippen LogP contribution in [0.1, 0.15) is 19.5 Å². The molecule has 0 aliphatic carbocycles. The molecule has 92 valence electrons. The van der Waals surface area contributed by atoms with Crippen LogP contribution >= 0.6 is 0 Å². The van der Waals surface area contributed by atoms with Crippen molar-refractivity contribution in [3.63, 3.8) is 0 Å². The molecule has 0 amide bonds. The van der Waals surface area contributed by atoms with E-state index in [1.165, 1.54) is 0 Å². The van der Waals surface area contributed by atoms with Crippen LogP contribution in [-0.2, 0) is 13.6 Å². The summed E-state index contributed by atoms with van der Waals surface area (Å²) in [5.41, 5.74) is 2.04. The van der Waals surface area contributed by atoms with E-state index >= 15 is 0 Å². The molecule has 0 unspecified atom stereocenters. The Hall–Kier alpha value is -1.62. The highest BCUT2D eigenvalue weighted by Crippen LogP contribution is 2.05. The van der Waals surface area contributed by atoms with Gasteiger partial charge in [-0.1, -0.05) is 13.8 Å². The molecule has 0 aliphatic rings. The molecule has 0 radical (unpaired) electrons. The Kier molecular flexibility index (Phi) is 3.58. The molecule has 2 heterocycles. The van der Waals surface area contributed by atoms with Gasteiger partial charge in [-0.3, -0.25) is 4.68 Å². The summed E-state index contributed by atoms with van der Waals surface area (Å²) in [4.78, 5) is 0. The van der Waals surface area contributed by atoms with Crippen molar-refractivity contribution in [2.24, 2.45) is 13.0 Å². The third-order valence-electron chi connectivity index (χ3n) is 2.46. The van der Waals surface area contributed by atoms with Crippen LogP contribution < -0.4 is 5.32 Å². The van der Waals surface area contributed by atoms with E-state index in [-0.39, 0.29) is 0 Å². The Bertz CT molecular complexity index is 469. The number of aromatic nitrogens is 4. The molecular weight excluding hydrogens is 214 g/mol. The number of nitrogens with zero attached hydrogens (tertiary/aromatic N) is 4. The van der Waals surface area contributed by atoms with Gasteiger partial charge in [0, 0.05) is 19.8 Å². The van der Waals surface area contributed by atoms with Gasteiger partial charge in [-0.05, 0) is 18.5 Å². The largest absolute Gasteiger partial charge is 0.311 e. The molecule has 2 aromatic rings. The second-order valence-corrected chi connectivity index (χ2v) is 4.65. The smallest absolute Gasteiger partial charge is 0.102 e.